The Morgan fingerprint density at radius 3 is 0.782 bits per heavy atom. The molecule has 18 heteroatoms. The predicted molar refractivity (Wildman–Crippen MR) is 417 cm³/mol. The summed E-state index contributed by atoms with van der Waals surface area (Å²) in [4.78, 5) is 58.6. The Kier molecular flexibility index (Phi) is 71.7. The van der Waals surface area contributed by atoms with E-state index in [0.717, 1.165) is 167 Å². The van der Waals surface area contributed by atoms with Gasteiger partial charge in [0, 0.05) is 19.3 Å². The van der Waals surface area contributed by atoms with Gasteiger partial charge in [-0.05, 0) is 135 Å². The third-order valence-electron chi connectivity index (χ3n) is 16.0. The van der Waals surface area contributed by atoms with Gasteiger partial charge >= 0.3 is 33.6 Å². The van der Waals surface area contributed by atoms with Crippen LogP contribution in [-0.2, 0) is 55.8 Å². The third kappa shape index (κ3) is 76.4. The Hall–Kier alpha value is -4.57. The van der Waals surface area contributed by atoms with Crippen LogP contribution < -0.4 is 0 Å². The van der Waals surface area contributed by atoms with Gasteiger partial charge in [-0.25, -0.2) is 9.13 Å². The zero-order valence-electron chi connectivity index (χ0n) is 63.0. The van der Waals surface area contributed by atoms with E-state index in [-0.39, 0.29) is 19.3 Å². The molecule has 0 bridgehead atoms. The first-order valence-corrected chi connectivity index (χ1v) is 42.1. The van der Waals surface area contributed by atoms with Crippen molar-refractivity contribution < 1.29 is 75.8 Å². The Bertz CT molecular complexity index is 2420. The highest BCUT2D eigenvalue weighted by molar-refractivity contribution is 7.47. The second-order valence-corrected chi connectivity index (χ2v) is 28.6. The van der Waals surface area contributed by atoms with Crippen LogP contribution >= 0.6 is 15.6 Å². The van der Waals surface area contributed by atoms with Gasteiger partial charge in [0.1, 0.15) is 25.4 Å². The van der Waals surface area contributed by atoms with Gasteiger partial charge in [-0.15, -0.1) is 0 Å². The molecule has 0 saturated carbocycles. The largest absolute Gasteiger partial charge is 0.472 e. The van der Waals surface area contributed by atoms with Crippen molar-refractivity contribution in [2.45, 2.75) is 322 Å². The topological polar surface area (TPSA) is 231 Å². The van der Waals surface area contributed by atoms with Gasteiger partial charge in [-0.2, -0.15) is 0 Å². The second-order valence-electron chi connectivity index (χ2n) is 25.7. The van der Waals surface area contributed by atoms with Crippen LogP contribution in [0.15, 0.2) is 146 Å². The molecule has 0 radical (unpaired) electrons. The fourth-order valence-corrected chi connectivity index (χ4v) is 11.8. The molecule has 5 unspecified atom stereocenters. The summed E-state index contributed by atoms with van der Waals surface area (Å²) in [7, 11) is -9.80. The number of allylic oxidation sites excluding steroid dienone is 24. The first-order chi connectivity index (χ1) is 49.2. The Labute approximate surface area is 613 Å². The van der Waals surface area contributed by atoms with E-state index in [9.17, 15) is 43.5 Å². The number of rotatable bonds is 73. The van der Waals surface area contributed by atoms with E-state index in [1.165, 1.54) is 77.0 Å². The van der Waals surface area contributed by atoms with Crippen molar-refractivity contribution in [1.82, 2.24) is 0 Å². The van der Waals surface area contributed by atoms with Gasteiger partial charge in [0.25, 0.3) is 0 Å². The fourth-order valence-electron chi connectivity index (χ4n) is 10.2. The number of unbranched alkanes of at least 4 members (excludes halogenated alkanes) is 26. The summed E-state index contributed by atoms with van der Waals surface area (Å²) in [5.74, 6) is -1.61. The number of hydrogen-bond donors (Lipinski definition) is 4. The van der Waals surface area contributed by atoms with Crippen LogP contribution in [0.2, 0.25) is 0 Å². The lowest BCUT2D eigenvalue weighted by molar-refractivity contribution is -0.161. The molecule has 0 aromatic heterocycles. The number of esters is 3. The number of carbonyl (C=O) groups is 3. The average Bonchev–Trinajstić information content (AvgIpc) is 0.980. The van der Waals surface area contributed by atoms with Crippen molar-refractivity contribution >= 4 is 33.6 Å². The molecule has 0 saturated heterocycles. The monoisotopic (exact) mass is 1450 g/mol. The van der Waals surface area contributed by atoms with Gasteiger partial charge < -0.3 is 34.2 Å². The van der Waals surface area contributed by atoms with Gasteiger partial charge in [-0.1, -0.05) is 295 Å². The van der Waals surface area contributed by atoms with Crippen molar-refractivity contribution in [1.29, 1.82) is 0 Å². The summed E-state index contributed by atoms with van der Waals surface area (Å²) in [6.45, 7) is 2.31. The maximum atomic E-state index is 12.9. The quantitative estimate of drug-likeness (QED) is 0.0146. The van der Waals surface area contributed by atoms with E-state index in [2.05, 4.69) is 167 Å². The minimum absolute atomic E-state index is 0.0783. The number of ether oxygens (including phenoxy) is 3. The van der Waals surface area contributed by atoms with Crippen LogP contribution in [0, 0.1) is 0 Å². The molecule has 0 aliphatic rings. The zero-order valence-corrected chi connectivity index (χ0v) is 64.8. The molecule has 578 valence electrons. The first-order valence-electron chi connectivity index (χ1n) is 39.1. The fraction of sp³-hybridized carbons (Fsp3) is 0.675. The summed E-state index contributed by atoms with van der Waals surface area (Å²) < 4.78 is 61.1. The summed E-state index contributed by atoms with van der Waals surface area (Å²) in [6, 6.07) is 0. The van der Waals surface area contributed by atoms with E-state index in [0.29, 0.717) is 19.3 Å². The lowest BCUT2D eigenvalue weighted by Crippen LogP contribution is -2.30. The molecule has 0 aliphatic heterocycles. The summed E-state index contributed by atoms with van der Waals surface area (Å²) in [6.07, 6.45) is 91.9. The van der Waals surface area contributed by atoms with Crippen LogP contribution in [-0.4, -0.2) is 95.9 Å². The molecule has 4 N–H and O–H groups in total. The maximum absolute atomic E-state index is 12.9. The average molecular weight is 1460 g/mol. The van der Waals surface area contributed by atoms with Crippen LogP contribution in [0.3, 0.4) is 0 Å². The normalized spacial score (nSPS) is 14.8. The molecule has 0 aromatic rings. The molecule has 0 rings (SSSR count). The van der Waals surface area contributed by atoms with Crippen LogP contribution in [0.5, 0.6) is 0 Å². The molecular formula is C83H140O16P2. The smallest absolute Gasteiger partial charge is 0.463 e. The Morgan fingerprint density at radius 1 is 0.277 bits per heavy atom. The number of phosphoric ester groups is 2. The summed E-state index contributed by atoms with van der Waals surface area (Å²) in [5, 5.41) is 20.6. The number of aliphatic hydroxyl groups excluding tert-OH is 2. The summed E-state index contributed by atoms with van der Waals surface area (Å²) >= 11 is 0. The lowest BCUT2D eigenvalue weighted by Gasteiger charge is -2.21. The second kappa shape index (κ2) is 75.1. The van der Waals surface area contributed by atoms with Crippen LogP contribution in [0.25, 0.3) is 0 Å². The van der Waals surface area contributed by atoms with Gasteiger partial charge in [0.15, 0.2) is 6.10 Å². The highest BCUT2D eigenvalue weighted by atomic mass is 31.2. The molecule has 0 aliphatic carbocycles. The SMILES string of the molecule is CC/C=C\C/C=C\C/C=C\C/C=C\C/C=C\CCCCCCCCCCCCCCCCCC(=O)OCC(O)COP(=O)(O)OCC(O)COP(=O)(O)OCC(COC(=O)CCCCCCCC/C=C\C/C=C\C/C=C\C/C=C\CC)OC(=O)CCCCCCC/C=C\C/C=C\C/C=C\CC. The van der Waals surface area contributed by atoms with Crippen molar-refractivity contribution in [2.75, 3.05) is 39.6 Å². The van der Waals surface area contributed by atoms with Crippen molar-refractivity contribution in [3.05, 3.63) is 146 Å². The molecule has 0 aromatic carbocycles. The number of phosphoric acid groups is 2. The Morgan fingerprint density at radius 2 is 0.495 bits per heavy atom. The molecule has 0 amide bonds. The molecule has 0 heterocycles. The molecule has 0 fully saturated rings. The van der Waals surface area contributed by atoms with Gasteiger partial charge in [0.05, 0.1) is 26.4 Å². The standard InChI is InChI=1S/C83H140O16P2/c1-4-7-10-13-16-19-22-25-28-30-32-33-34-35-36-37-38-39-40-41-42-43-45-47-49-51-54-57-60-63-66-69-81(86)93-72-78(84)73-95-100(89,90)96-74-79(85)75-97-101(91,92)98-77-80(99-83(88)71-68-65-62-59-56-53-48-27-24-21-18-15-12-9-6-3)76-94-82(87)70-67-64-61-58-55-52-50-46-44-31-29-26-23-20-17-14-11-8-5-2/h7-12,16-21,25-29,32-33,35-36,44,46,48,78-80,84-85H,4-6,13-15,22-24,30-31,34,37-43,45,47,49-77H2,1-3H3,(H,89,90)(H,91,92)/b10-7-,11-8-,12-9-,19-16-,20-17-,21-18-,28-25-,29-26-,33-32-,36-35-,46-44-,48-27-. The predicted octanol–water partition coefficient (Wildman–Crippen LogP) is 22.9. The van der Waals surface area contributed by atoms with Crippen LogP contribution in [0.1, 0.15) is 303 Å². The molecular weight excluding hydrogens is 1310 g/mol. The zero-order chi connectivity index (χ0) is 73.7. The van der Waals surface area contributed by atoms with Gasteiger partial charge in [0.2, 0.25) is 0 Å². The van der Waals surface area contributed by atoms with E-state index in [1.807, 2.05) is 0 Å². The lowest BCUT2D eigenvalue weighted by atomic mass is 10.0. The van der Waals surface area contributed by atoms with Crippen LogP contribution in [0.4, 0.5) is 0 Å². The van der Waals surface area contributed by atoms with E-state index in [4.69, 9.17) is 32.3 Å². The van der Waals surface area contributed by atoms with Gasteiger partial charge in [-0.3, -0.25) is 32.5 Å². The number of carbonyl (C=O) groups excluding carboxylic acids is 3. The molecule has 0 spiro atoms. The minimum atomic E-state index is -4.94. The highest BCUT2D eigenvalue weighted by Gasteiger charge is 2.29. The summed E-state index contributed by atoms with van der Waals surface area (Å²) in [5.41, 5.74) is 0. The Balaban J connectivity index is 4.49. The maximum Gasteiger partial charge on any atom is 0.472 e. The molecule has 101 heavy (non-hydrogen) atoms. The molecule has 16 nitrogen and oxygen atoms in total. The van der Waals surface area contributed by atoms with Crippen molar-refractivity contribution in [2.24, 2.45) is 0 Å². The van der Waals surface area contributed by atoms with E-state index >= 15 is 0 Å². The third-order valence-corrected chi connectivity index (χ3v) is 17.9. The number of aliphatic hydroxyl groups is 2. The minimum Gasteiger partial charge on any atom is -0.463 e. The van der Waals surface area contributed by atoms with E-state index in [1.54, 1.807) is 0 Å². The number of hydrogen-bond acceptors (Lipinski definition) is 14. The highest BCUT2D eigenvalue weighted by Crippen LogP contribution is 2.45. The molecule has 5 atom stereocenters. The van der Waals surface area contributed by atoms with E-state index < -0.39 is 91.5 Å². The first kappa shape index (κ1) is 96.4. The van der Waals surface area contributed by atoms with Crippen molar-refractivity contribution in [3.8, 4) is 0 Å². The van der Waals surface area contributed by atoms with Crippen molar-refractivity contribution in [3.63, 3.8) is 0 Å².